The minimum absolute atomic E-state index is 0.0379. The van der Waals surface area contributed by atoms with E-state index in [0.29, 0.717) is 38.5 Å². The van der Waals surface area contributed by atoms with E-state index in [1.165, 1.54) is 0 Å². The van der Waals surface area contributed by atoms with Crippen molar-refractivity contribution >= 4 is 0 Å². The van der Waals surface area contributed by atoms with E-state index in [1.807, 2.05) is 0 Å². The highest BCUT2D eigenvalue weighted by atomic mass is 16.8. The number of hydrogen-bond donors (Lipinski definition) is 17. The summed E-state index contributed by atoms with van der Waals surface area (Å²) in [6.45, 7) is 15.1. The molecule has 0 aromatic heterocycles. The summed E-state index contributed by atoms with van der Waals surface area (Å²) >= 11 is 0. The summed E-state index contributed by atoms with van der Waals surface area (Å²) in [6, 6.07) is 0. The van der Waals surface area contributed by atoms with Gasteiger partial charge in [-0.1, -0.05) is 60.1 Å². The molecule has 17 N–H and O–H groups in total. The lowest BCUT2D eigenvalue weighted by molar-refractivity contribution is -0.364. The quantitative estimate of drug-likeness (QED) is 0.0537. The van der Waals surface area contributed by atoms with Gasteiger partial charge >= 0.3 is 0 Å². The number of rotatable bonds is 20. The zero-order valence-corrected chi connectivity index (χ0v) is 52.1. The molecule has 5 heterocycles. The Morgan fingerprint density at radius 1 is 0.568 bits per heavy atom. The molecule has 0 spiro atoms. The van der Waals surface area contributed by atoms with Crippen molar-refractivity contribution < 1.29 is 134 Å². The summed E-state index contributed by atoms with van der Waals surface area (Å²) in [4.78, 5) is 0. The normalized spacial score (nSPS) is 51.4. The molecular weight excluding hydrogens is 1160 g/mol. The molecule has 0 aromatic rings. The van der Waals surface area contributed by atoms with E-state index >= 15 is 0 Å². The topological polar surface area (TPSA) is 436 Å². The fraction of sp³-hybridized carbons (Fsp3) is 0.967. The molecule has 3 unspecified atom stereocenters. The van der Waals surface area contributed by atoms with Crippen molar-refractivity contribution in [1.82, 2.24) is 0 Å². The van der Waals surface area contributed by atoms with Crippen LogP contribution in [0.25, 0.3) is 0 Å². The molecule has 0 radical (unpaired) electrons. The Balaban J connectivity index is 0.874. The molecular formula is C61H104O27. The van der Waals surface area contributed by atoms with Crippen LogP contribution < -0.4 is 0 Å². The predicted molar refractivity (Wildman–Crippen MR) is 302 cm³/mol. The van der Waals surface area contributed by atoms with Gasteiger partial charge in [-0.3, -0.25) is 0 Å². The highest BCUT2D eigenvalue weighted by molar-refractivity contribution is 5.32. The van der Waals surface area contributed by atoms with Crippen LogP contribution in [0.2, 0.25) is 0 Å². The van der Waals surface area contributed by atoms with Gasteiger partial charge in [0.25, 0.3) is 0 Å². The van der Waals surface area contributed by atoms with Crippen LogP contribution in [0.1, 0.15) is 120 Å². The van der Waals surface area contributed by atoms with E-state index in [1.54, 1.807) is 20.8 Å². The Kier molecular flexibility index (Phi) is 22.1. The first-order chi connectivity index (χ1) is 41.2. The summed E-state index contributed by atoms with van der Waals surface area (Å²) in [6.07, 6.45) is -29.0. The van der Waals surface area contributed by atoms with Crippen molar-refractivity contribution in [2.45, 2.75) is 285 Å². The molecule has 5 aliphatic heterocycles. The molecule has 5 saturated heterocycles. The van der Waals surface area contributed by atoms with Crippen LogP contribution >= 0.6 is 0 Å². The maximum absolute atomic E-state index is 12.8. The molecule has 27 nitrogen and oxygen atoms in total. The van der Waals surface area contributed by atoms with E-state index in [4.69, 9.17) is 47.4 Å². The molecule has 88 heavy (non-hydrogen) atoms. The zero-order chi connectivity index (χ0) is 64.7. The van der Waals surface area contributed by atoms with Gasteiger partial charge < -0.3 is 134 Å². The Morgan fingerprint density at radius 2 is 1.07 bits per heavy atom. The number of aliphatic hydroxyl groups is 17. The predicted octanol–water partition coefficient (Wildman–Crippen LogP) is -3.10. The van der Waals surface area contributed by atoms with Gasteiger partial charge in [0.2, 0.25) is 0 Å². The fourth-order valence-electron chi connectivity index (χ4n) is 17.2. The molecule has 0 amide bonds. The van der Waals surface area contributed by atoms with Gasteiger partial charge in [-0.2, -0.15) is 0 Å². The summed E-state index contributed by atoms with van der Waals surface area (Å²) < 4.78 is 60.3. The standard InChI is InChI=1S/C61H104O27/c1-25(10-14-40(58(5,6)78)88-52-31(81-55-50(76)47(73)44(70)34(22-64)84-55)18-30(65)35(85-52)23-79-53-42(68)26(2)41(67)32(20-62)82-53)27-16-17-59(7)37-13-11-28-29(61(37,9)38(66)19-60(27,59)8)12-15-39(57(28,3)4)87-56-51(77)48(74)45(71)36(86-56)24-80-54-49(75)46(72)43(69)33(21-63)83-54/h11,25-27,29-56,62-78H,10,12-24H2,1-9H3/t25-,26+,27?,29?,30+,31-,32-,33-,34+,35-,36-,37?,38-,39+,40-,41+,42-,43-,44+,45-,46+,47-,48+,49-,50+,51-,52+,53-,54-,55+,56+,59+,60-,61+/m1/s1. The number of ether oxygens (including phenoxy) is 10. The molecule has 34 atom stereocenters. The maximum atomic E-state index is 12.8. The maximum Gasteiger partial charge on any atom is 0.187 e. The molecule has 9 aliphatic rings. The summed E-state index contributed by atoms with van der Waals surface area (Å²) in [5.41, 5.74) is -2.18. The van der Waals surface area contributed by atoms with E-state index < -0.39 is 208 Å². The second-order valence-electron chi connectivity index (χ2n) is 29.0. The third-order valence-electron chi connectivity index (χ3n) is 23.1. The van der Waals surface area contributed by atoms with Gasteiger partial charge in [-0.15, -0.1) is 0 Å². The third-order valence-corrected chi connectivity index (χ3v) is 23.1. The molecule has 3 saturated carbocycles. The van der Waals surface area contributed by atoms with E-state index in [9.17, 15) is 86.8 Å². The van der Waals surface area contributed by atoms with Crippen LogP contribution in [0.5, 0.6) is 0 Å². The van der Waals surface area contributed by atoms with Crippen LogP contribution in [-0.2, 0) is 47.4 Å². The molecule has 4 aliphatic carbocycles. The van der Waals surface area contributed by atoms with Crippen molar-refractivity contribution in [2.24, 2.45) is 51.2 Å². The van der Waals surface area contributed by atoms with E-state index in [0.717, 1.165) is 18.4 Å². The largest absolute Gasteiger partial charge is 0.394 e. The third kappa shape index (κ3) is 13.0. The van der Waals surface area contributed by atoms with Gasteiger partial charge in [0, 0.05) is 23.2 Å². The lowest BCUT2D eigenvalue weighted by atomic mass is 9.38. The fourth-order valence-corrected chi connectivity index (χ4v) is 17.2. The highest BCUT2D eigenvalue weighted by Gasteiger charge is 2.70. The lowest BCUT2D eigenvalue weighted by Gasteiger charge is -2.67. The van der Waals surface area contributed by atoms with Gasteiger partial charge in [0.15, 0.2) is 31.5 Å². The average molecular weight is 1270 g/mol. The average Bonchev–Trinajstić information content (AvgIpc) is 1.28. The van der Waals surface area contributed by atoms with Crippen molar-refractivity contribution in [2.75, 3.05) is 33.0 Å². The van der Waals surface area contributed by atoms with Gasteiger partial charge in [0.1, 0.15) is 97.7 Å². The molecule has 9 rings (SSSR count). The van der Waals surface area contributed by atoms with Gasteiger partial charge in [-0.05, 0) is 99.7 Å². The minimum Gasteiger partial charge on any atom is -0.394 e. The Bertz CT molecular complexity index is 2310. The Hall–Kier alpha value is -1.34. The highest BCUT2D eigenvalue weighted by Crippen LogP contribution is 2.75. The zero-order valence-electron chi connectivity index (χ0n) is 52.1. The van der Waals surface area contributed by atoms with Crippen molar-refractivity contribution in [3.8, 4) is 0 Å². The van der Waals surface area contributed by atoms with Crippen molar-refractivity contribution in [3.05, 3.63) is 11.6 Å². The SMILES string of the molecule is C[C@@H]1[C@@H](O)[C@H](OC[C@H]2O[C@@H](O[C@H](CC[C@@H](C)C3CC[C@@]4(C)C5CC=C6C(CC[C@H](O[C@@H]7O[C@H](CO[C@@H]8O[C@H](CO)[C@@H](O)[C@H](O)[C@H]8O)[C@@H](O)[C@H](O)[C@H]7O)C6(C)C)[C@]5(C)[C@H](O)C[C@]34C)C(C)(C)O)[C@H](O[C@H]3O[C@@H](CO)[C@H](O)[C@@H](O)[C@@H]3O)C[C@@H]2O)O[C@H](CO)[C@H]1O. The first kappa shape index (κ1) is 71.0. The molecule has 0 bridgehead atoms. The van der Waals surface area contributed by atoms with Crippen LogP contribution in [-0.4, -0.2) is 285 Å². The van der Waals surface area contributed by atoms with Crippen LogP contribution in [0.3, 0.4) is 0 Å². The Morgan fingerprint density at radius 3 is 1.65 bits per heavy atom. The van der Waals surface area contributed by atoms with Gasteiger partial charge in [-0.25, -0.2) is 0 Å². The number of fused-ring (bicyclic) bond motifs is 5. The summed E-state index contributed by atoms with van der Waals surface area (Å²) in [5, 5.41) is 184. The van der Waals surface area contributed by atoms with Gasteiger partial charge in [0.05, 0.1) is 69.2 Å². The minimum atomic E-state index is -1.80. The van der Waals surface area contributed by atoms with E-state index in [2.05, 4.69) is 47.6 Å². The second kappa shape index (κ2) is 27.4. The van der Waals surface area contributed by atoms with Crippen molar-refractivity contribution in [3.63, 3.8) is 0 Å². The molecule has 8 fully saturated rings. The number of allylic oxidation sites excluding steroid dienone is 1. The van der Waals surface area contributed by atoms with Crippen LogP contribution in [0.15, 0.2) is 11.6 Å². The Labute approximate surface area is 514 Å². The number of aliphatic hydroxyl groups excluding tert-OH is 16. The molecule has 0 aromatic carbocycles. The first-order valence-electron chi connectivity index (χ1n) is 31.8. The van der Waals surface area contributed by atoms with Crippen molar-refractivity contribution in [1.29, 1.82) is 0 Å². The number of hydrogen-bond acceptors (Lipinski definition) is 27. The van der Waals surface area contributed by atoms with Crippen LogP contribution in [0, 0.1) is 51.2 Å². The summed E-state index contributed by atoms with van der Waals surface area (Å²) in [7, 11) is 0. The monoisotopic (exact) mass is 1270 g/mol. The smallest absolute Gasteiger partial charge is 0.187 e. The summed E-state index contributed by atoms with van der Waals surface area (Å²) in [5.74, 6) is -0.559. The van der Waals surface area contributed by atoms with E-state index in [-0.39, 0.29) is 47.5 Å². The molecule has 27 heteroatoms. The second-order valence-corrected chi connectivity index (χ2v) is 29.0. The van der Waals surface area contributed by atoms with Crippen LogP contribution in [0.4, 0.5) is 0 Å². The first-order valence-corrected chi connectivity index (χ1v) is 31.8. The molecule has 510 valence electrons. The lowest BCUT2D eigenvalue weighted by Crippen LogP contribution is -2.65.